The van der Waals surface area contributed by atoms with E-state index < -0.39 is 0 Å². The number of hydrogen-bond acceptors (Lipinski definition) is 2. The second-order valence-electron chi connectivity index (χ2n) is 4.74. The number of fused-ring (bicyclic) bond motifs is 1. The van der Waals surface area contributed by atoms with Crippen LogP contribution in [0.4, 0.5) is 0 Å². The second-order valence-corrected chi connectivity index (χ2v) is 5.14. The molecular formula is C16H14ClN3O. The van der Waals surface area contributed by atoms with Crippen LogP contribution in [-0.2, 0) is 6.54 Å². The summed E-state index contributed by atoms with van der Waals surface area (Å²) in [5, 5.41) is 3.50. The molecule has 0 saturated carbocycles. The Morgan fingerprint density at radius 3 is 2.81 bits per heavy atom. The van der Waals surface area contributed by atoms with Crippen molar-refractivity contribution in [3.63, 3.8) is 0 Å². The molecule has 0 radical (unpaired) electrons. The number of hydrogen-bond donors (Lipinski definition) is 1. The van der Waals surface area contributed by atoms with Gasteiger partial charge in [-0.15, -0.1) is 0 Å². The predicted molar refractivity (Wildman–Crippen MR) is 82.6 cm³/mol. The van der Waals surface area contributed by atoms with Crippen molar-refractivity contribution < 1.29 is 4.79 Å². The van der Waals surface area contributed by atoms with E-state index in [1.54, 1.807) is 6.07 Å². The van der Waals surface area contributed by atoms with Crippen LogP contribution in [0.25, 0.3) is 5.52 Å². The minimum absolute atomic E-state index is 0.202. The highest BCUT2D eigenvalue weighted by Crippen LogP contribution is 2.16. The van der Waals surface area contributed by atoms with Crippen LogP contribution < -0.4 is 5.32 Å². The molecule has 2 heterocycles. The summed E-state index contributed by atoms with van der Waals surface area (Å²) in [5.41, 5.74) is 2.11. The lowest BCUT2D eigenvalue weighted by atomic mass is 10.2. The predicted octanol–water partition coefficient (Wildman–Crippen LogP) is 3.23. The minimum Gasteiger partial charge on any atom is -0.346 e. The lowest BCUT2D eigenvalue weighted by Gasteiger charge is -2.05. The summed E-state index contributed by atoms with van der Waals surface area (Å²) in [6, 6.07) is 13.1. The fourth-order valence-corrected chi connectivity index (χ4v) is 2.46. The summed E-state index contributed by atoms with van der Waals surface area (Å²) in [6.45, 7) is 2.25. The highest BCUT2D eigenvalue weighted by atomic mass is 35.5. The average molecular weight is 300 g/mol. The number of carbonyl (C=O) groups excluding carboxylic acids is 1. The van der Waals surface area contributed by atoms with E-state index in [2.05, 4.69) is 10.3 Å². The number of aromatic nitrogens is 2. The molecule has 0 saturated heterocycles. The van der Waals surface area contributed by atoms with Crippen LogP contribution in [0.1, 0.15) is 21.9 Å². The standard InChI is InChI=1S/C16H14ClN3O/c1-11-19-15(14-8-4-5-9-20(11)14)16(21)18-10-12-6-2-3-7-13(12)17/h2-9H,10H2,1H3,(H,18,21). The Bertz CT molecular complexity index is 810. The Morgan fingerprint density at radius 2 is 2.00 bits per heavy atom. The van der Waals surface area contributed by atoms with Gasteiger partial charge in [0, 0.05) is 17.8 Å². The molecule has 4 nitrogen and oxygen atoms in total. The summed E-state index contributed by atoms with van der Waals surface area (Å²) >= 11 is 6.08. The highest BCUT2D eigenvalue weighted by molar-refractivity contribution is 6.31. The molecule has 0 bridgehead atoms. The number of carbonyl (C=O) groups is 1. The molecule has 3 rings (SSSR count). The molecular weight excluding hydrogens is 286 g/mol. The van der Waals surface area contributed by atoms with Gasteiger partial charge in [-0.05, 0) is 30.7 Å². The van der Waals surface area contributed by atoms with E-state index in [1.165, 1.54) is 0 Å². The summed E-state index contributed by atoms with van der Waals surface area (Å²) < 4.78 is 1.89. The van der Waals surface area contributed by atoms with Crippen LogP contribution in [0.5, 0.6) is 0 Å². The number of aryl methyl sites for hydroxylation is 1. The monoisotopic (exact) mass is 299 g/mol. The first-order valence-corrected chi connectivity index (χ1v) is 7.00. The van der Waals surface area contributed by atoms with Crippen LogP contribution in [0.15, 0.2) is 48.7 Å². The molecule has 0 atom stereocenters. The first-order chi connectivity index (χ1) is 10.2. The number of pyridine rings is 1. The summed E-state index contributed by atoms with van der Waals surface area (Å²) in [7, 11) is 0. The number of nitrogens with one attached hydrogen (secondary N) is 1. The molecule has 0 fully saturated rings. The molecule has 1 aromatic carbocycles. The molecule has 1 N–H and O–H groups in total. The van der Waals surface area contributed by atoms with Gasteiger partial charge in [0.05, 0.1) is 5.52 Å². The molecule has 21 heavy (non-hydrogen) atoms. The SMILES string of the molecule is Cc1nc(C(=O)NCc2ccccc2Cl)c2ccccn12. The molecule has 3 aromatic rings. The van der Waals surface area contributed by atoms with Gasteiger partial charge in [-0.2, -0.15) is 0 Å². The maximum absolute atomic E-state index is 12.3. The number of benzene rings is 1. The molecule has 0 aliphatic carbocycles. The molecule has 0 spiro atoms. The topological polar surface area (TPSA) is 46.4 Å². The van der Waals surface area contributed by atoms with E-state index in [0.717, 1.165) is 16.9 Å². The molecule has 0 unspecified atom stereocenters. The van der Waals surface area contributed by atoms with Gasteiger partial charge in [0.25, 0.3) is 5.91 Å². The van der Waals surface area contributed by atoms with E-state index in [4.69, 9.17) is 11.6 Å². The molecule has 0 aliphatic heterocycles. The molecule has 2 aromatic heterocycles. The number of halogens is 1. The van der Waals surface area contributed by atoms with Crippen molar-refractivity contribution in [3.05, 3.63) is 70.8 Å². The largest absolute Gasteiger partial charge is 0.346 e. The zero-order valence-corrected chi connectivity index (χ0v) is 12.3. The fourth-order valence-electron chi connectivity index (χ4n) is 2.26. The molecule has 106 valence electrons. The third-order valence-electron chi connectivity index (χ3n) is 3.34. The van der Waals surface area contributed by atoms with E-state index in [9.17, 15) is 4.79 Å². The Balaban J connectivity index is 1.83. The minimum atomic E-state index is -0.202. The van der Waals surface area contributed by atoms with Gasteiger partial charge in [0.15, 0.2) is 5.69 Å². The van der Waals surface area contributed by atoms with Crippen LogP contribution >= 0.6 is 11.6 Å². The smallest absolute Gasteiger partial charge is 0.272 e. The Hall–Kier alpha value is -2.33. The van der Waals surface area contributed by atoms with Gasteiger partial charge in [0.1, 0.15) is 5.82 Å². The summed E-state index contributed by atoms with van der Waals surface area (Å²) in [6.07, 6.45) is 1.89. The molecule has 1 amide bonds. The summed E-state index contributed by atoms with van der Waals surface area (Å²) in [4.78, 5) is 16.7. The molecule has 5 heteroatoms. The first kappa shape index (κ1) is 13.6. The third-order valence-corrected chi connectivity index (χ3v) is 3.71. The Labute approximate surface area is 127 Å². The van der Waals surface area contributed by atoms with E-state index in [0.29, 0.717) is 17.3 Å². The van der Waals surface area contributed by atoms with Crippen molar-refractivity contribution in [2.24, 2.45) is 0 Å². The number of imidazole rings is 1. The van der Waals surface area contributed by atoms with Crippen LogP contribution in [-0.4, -0.2) is 15.3 Å². The van der Waals surface area contributed by atoms with Crippen LogP contribution in [0, 0.1) is 6.92 Å². The maximum atomic E-state index is 12.3. The zero-order valence-electron chi connectivity index (χ0n) is 11.5. The van der Waals surface area contributed by atoms with Gasteiger partial charge in [-0.1, -0.05) is 35.9 Å². The van der Waals surface area contributed by atoms with Crippen molar-refractivity contribution >= 4 is 23.0 Å². The van der Waals surface area contributed by atoms with Gasteiger partial charge in [-0.3, -0.25) is 4.79 Å². The first-order valence-electron chi connectivity index (χ1n) is 6.62. The van der Waals surface area contributed by atoms with E-state index in [1.807, 2.05) is 53.9 Å². The number of nitrogens with zero attached hydrogens (tertiary/aromatic N) is 2. The average Bonchev–Trinajstić information content (AvgIpc) is 2.84. The van der Waals surface area contributed by atoms with E-state index in [-0.39, 0.29) is 5.91 Å². The fraction of sp³-hybridized carbons (Fsp3) is 0.125. The van der Waals surface area contributed by atoms with Crippen LogP contribution in [0.2, 0.25) is 5.02 Å². The molecule has 0 aliphatic rings. The van der Waals surface area contributed by atoms with Crippen molar-refractivity contribution in [1.29, 1.82) is 0 Å². The van der Waals surface area contributed by atoms with Gasteiger partial charge in [0.2, 0.25) is 0 Å². The van der Waals surface area contributed by atoms with Crippen LogP contribution in [0.3, 0.4) is 0 Å². The Morgan fingerprint density at radius 1 is 1.24 bits per heavy atom. The quantitative estimate of drug-likeness (QED) is 0.807. The second kappa shape index (κ2) is 5.58. The lowest BCUT2D eigenvalue weighted by molar-refractivity contribution is 0.0948. The van der Waals surface area contributed by atoms with Gasteiger partial charge < -0.3 is 9.72 Å². The highest BCUT2D eigenvalue weighted by Gasteiger charge is 2.15. The zero-order chi connectivity index (χ0) is 14.8. The normalized spacial score (nSPS) is 10.8. The lowest BCUT2D eigenvalue weighted by Crippen LogP contribution is -2.23. The van der Waals surface area contributed by atoms with Crippen molar-refractivity contribution in [1.82, 2.24) is 14.7 Å². The third kappa shape index (κ3) is 2.62. The summed E-state index contributed by atoms with van der Waals surface area (Å²) in [5.74, 6) is 0.584. The van der Waals surface area contributed by atoms with Gasteiger partial charge in [-0.25, -0.2) is 4.98 Å². The van der Waals surface area contributed by atoms with Crippen molar-refractivity contribution in [2.75, 3.05) is 0 Å². The maximum Gasteiger partial charge on any atom is 0.272 e. The Kier molecular flexibility index (Phi) is 3.62. The van der Waals surface area contributed by atoms with Gasteiger partial charge >= 0.3 is 0 Å². The van der Waals surface area contributed by atoms with Crippen molar-refractivity contribution in [3.8, 4) is 0 Å². The van der Waals surface area contributed by atoms with E-state index >= 15 is 0 Å². The van der Waals surface area contributed by atoms with Crippen molar-refractivity contribution in [2.45, 2.75) is 13.5 Å². The number of rotatable bonds is 3. The number of amides is 1.